The largest absolute Gasteiger partial charge is 0.346 e. The molecule has 8 heteroatoms. The van der Waals surface area contributed by atoms with Crippen LogP contribution in [-0.4, -0.2) is 63.5 Å². The Labute approximate surface area is 177 Å². The Hall–Kier alpha value is -2.71. The predicted molar refractivity (Wildman–Crippen MR) is 120 cm³/mol. The third kappa shape index (κ3) is 3.77. The van der Waals surface area contributed by atoms with E-state index in [0.29, 0.717) is 18.1 Å². The number of thiazole rings is 1. The summed E-state index contributed by atoms with van der Waals surface area (Å²) < 4.78 is 1.05. The predicted octanol–water partition coefficient (Wildman–Crippen LogP) is 3.56. The van der Waals surface area contributed by atoms with Crippen molar-refractivity contribution < 1.29 is 4.79 Å². The minimum absolute atomic E-state index is 0.0217. The van der Waals surface area contributed by atoms with Gasteiger partial charge >= 0.3 is 0 Å². The molecule has 146 valence electrons. The van der Waals surface area contributed by atoms with E-state index in [-0.39, 0.29) is 5.91 Å². The van der Waals surface area contributed by atoms with Crippen LogP contribution in [0.5, 0.6) is 0 Å². The Morgan fingerprint density at radius 3 is 2.38 bits per heavy atom. The Balaban J connectivity index is 1.23. The van der Waals surface area contributed by atoms with Crippen LogP contribution in [0.15, 0.2) is 64.8 Å². The molecule has 6 nitrogen and oxygen atoms in total. The van der Waals surface area contributed by atoms with E-state index in [1.165, 1.54) is 11.3 Å². The lowest BCUT2D eigenvalue weighted by Gasteiger charge is -2.36. The standard InChI is InChI=1S/C21H19N5OS2/c27-20(19-22-16-8-4-5-9-18(16)29-19)25-10-12-26(13-11-25)21-24-23-17(14-28-21)15-6-2-1-3-7-15/h1-9H,10-14H2. The van der Waals surface area contributed by atoms with Crippen LogP contribution in [0.1, 0.15) is 15.4 Å². The van der Waals surface area contributed by atoms with Gasteiger partial charge in [-0.05, 0) is 17.7 Å². The van der Waals surface area contributed by atoms with Crippen molar-refractivity contribution in [2.45, 2.75) is 0 Å². The average Bonchev–Trinajstić information content (AvgIpc) is 3.24. The molecule has 2 aliphatic rings. The summed E-state index contributed by atoms with van der Waals surface area (Å²) in [6.07, 6.45) is 0. The molecule has 2 aromatic carbocycles. The molecule has 0 atom stereocenters. The third-order valence-electron chi connectivity index (χ3n) is 5.02. The molecule has 0 unspecified atom stereocenters. The summed E-state index contributed by atoms with van der Waals surface area (Å²) in [5.41, 5.74) is 3.01. The molecule has 2 aliphatic heterocycles. The van der Waals surface area contributed by atoms with Crippen LogP contribution in [0.3, 0.4) is 0 Å². The number of amidine groups is 1. The van der Waals surface area contributed by atoms with Crippen molar-refractivity contribution in [2.75, 3.05) is 31.9 Å². The van der Waals surface area contributed by atoms with E-state index in [2.05, 4.69) is 32.2 Å². The monoisotopic (exact) mass is 421 g/mol. The topological polar surface area (TPSA) is 61.2 Å². The van der Waals surface area contributed by atoms with Crippen LogP contribution in [-0.2, 0) is 0 Å². The molecular formula is C21H19N5OS2. The number of carbonyl (C=O) groups is 1. The molecule has 1 fully saturated rings. The zero-order chi connectivity index (χ0) is 19.6. The highest BCUT2D eigenvalue weighted by Gasteiger charge is 2.27. The quantitative estimate of drug-likeness (QED) is 0.635. The van der Waals surface area contributed by atoms with Gasteiger partial charge < -0.3 is 9.80 Å². The van der Waals surface area contributed by atoms with Gasteiger partial charge in [0.1, 0.15) is 0 Å². The first kappa shape index (κ1) is 18.3. The Morgan fingerprint density at radius 2 is 1.66 bits per heavy atom. The first-order valence-corrected chi connectivity index (χ1v) is 11.3. The SMILES string of the molecule is O=C(c1nc2ccccc2s1)N1CCN(C2=NN=C(c3ccccc3)CS2)CC1. The number of carbonyl (C=O) groups excluding carboxylic acids is 1. The van der Waals surface area contributed by atoms with E-state index in [4.69, 9.17) is 0 Å². The second-order valence-corrected chi connectivity index (χ2v) is 8.82. The van der Waals surface area contributed by atoms with Crippen LogP contribution in [0, 0.1) is 0 Å². The number of hydrogen-bond donors (Lipinski definition) is 0. The molecule has 3 heterocycles. The van der Waals surface area contributed by atoms with Gasteiger partial charge in [0.15, 0.2) is 10.2 Å². The van der Waals surface area contributed by atoms with E-state index in [9.17, 15) is 4.79 Å². The van der Waals surface area contributed by atoms with Crippen molar-refractivity contribution in [3.05, 3.63) is 65.2 Å². The zero-order valence-corrected chi connectivity index (χ0v) is 17.3. The van der Waals surface area contributed by atoms with E-state index in [1.54, 1.807) is 11.8 Å². The number of thioether (sulfide) groups is 1. The van der Waals surface area contributed by atoms with Gasteiger partial charge in [0.05, 0.1) is 15.9 Å². The summed E-state index contributed by atoms with van der Waals surface area (Å²) in [5.74, 6) is 0.835. The van der Waals surface area contributed by atoms with Crippen molar-refractivity contribution in [3.8, 4) is 0 Å². The lowest BCUT2D eigenvalue weighted by molar-refractivity contribution is 0.0693. The van der Waals surface area contributed by atoms with Gasteiger partial charge in [0.25, 0.3) is 5.91 Å². The average molecular weight is 422 g/mol. The maximum absolute atomic E-state index is 12.9. The fraction of sp³-hybridized carbons (Fsp3) is 0.238. The first-order valence-electron chi connectivity index (χ1n) is 9.50. The van der Waals surface area contributed by atoms with Crippen molar-refractivity contribution in [1.29, 1.82) is 0 Å². The van der Waals surface area contributed by atoms with Gasteiger partial charge in [0, 0.05) is 31.9 Å². The summed E-state index contributed by atoms with van der Waals surface area (Å²) in [6.45, 7) is 2.87. The normalized spacial score (nSPS) is 17.2. The van der Waals surface area contributed by atoms with Crippen molar-refractivity contribution in [1.82, 2.24) is 14.8 Å². The van der Waals surface area contributed by atoms with E-state index < -0.39 is 0 Å². The lowest BCUT2D eigenvalue weighted by Crippen LogP contribution is -2.50. The minimum Gasteiger partial charge on any atom is -0.346 e. The van der Waals surface area contributed by atoms with Gasteiger partial charge in [-0.1, -0.05) is 54.2 Å². The highest BCUT2D eigenvalue weighted by molar-refractivity contribution is 8.14. The Morgan fingerprint density at radius 1 is 0.897 bits per heavy atom. The molecule has 1 saturated heterocycles. The smallest absolute Gasteiger partial charge is 0.282 e. The molecule has 1 aromatic heterocycles. The molecule has 0 N–H and O–H groups in total. The molecular weight excluding hydrogens is 402 g/mol. The fourth-order valence-corrected chi connectivity index (χ4v) is 5.31. The number of aromatic nitrogens is 1. The summed E-state index contributed by atoms with van der Waals surface area (Å²) in [4.78, 5) is 21.5. The minimum atomic E-state index is 0.0217. The van der Waals surface area contributed by atoms with Crippen molar-refractivity contribution >= 4 is 50.1 Å². The van der Waals surface area contributed by atoms with E-state index in [1.807, 2.05) is 47.4 Å². The number of piperazine rings is 1. The number of rotatable bonds is 2. The number of hydrogen-bond acceptors (Lipinski definition) is 7. The van der Waals surface area contributed by atoms with Gasteiger partial charge in [-0.2, -0.15) is 5.10 Å². The Bertz CT molecular complexity index is 1070. The maximum Gasteiger partial charge on any atom is 0.282 e. The molecule has 0 aliphatic carbocycles. The van der Waals surface area contributed by atoms with Gasteiger partial charge in [-0.15, -0.1) is 16.4 Å². The first-order chi connectivity index (χ1) is 14.3. The van der Waals surface area contributed by atoms with Gasteiger partial charge in [0.2, 0.25) is 0 Å². The number of para-hydroxylation sites is 1. The molecule has 0 bridgehead atoms. The lowest BCUT2D eigenvalue weighted by atomic mass is 10.1. The number of fused-ring (bicyclic) bond motifs is 1. The summed E-state index contributed by atoms with van der Waals surface area (Å²) in [5, 5.41) is 10.4. The molecule has 0 spiro atoms. The number of benzene rings is 2. The second-order valence-electron chi connectivity index (χ2n) is 6.85. The highest BCUT2D eigenvalue weighted by atomic mass is 32.2. The summed E-state index contributed by atoms with van der Waals surface area (Å²) in [6, 6.07) is 18.0. The molecule has 3 aromatic rings. The molecule has 0 saturated carbocycles. The van der Waals surface area contributed by atoms with Crippen LogP contribution in [0.2, 0.25) is 0 Å². The highest BCUT2D eigenvalue weighted by Crippen LogP contribution is 2.24. The number of nitrogens with zero attached hydrogens (tertiary/aromatic N) is 5. The fourth-order valence-electron chi connectivity index (χ4n) is 3.42. The van der Waals surface area contributed by atoms with Crippen molar-refractivity contribution in [2.24, 2.45) is 10.2 Å². The van der Waals surface area contributed by atoms with E-state index >= 15 is 0 Å². The molecule has 5 rings (SSSR count). The van der Waals surface area contributed by atoms with Crippen LogP contribution in [0.25, 0.3) is 10.2 Å². The summed E-state index contributed by atoms with van der Waals surface area (Å²) in [7, 11) is 0. The van der Waals surface area contributed by atoms with Crippen molar-refractivity contribution in [3.63, 3.8) is 0 Å². The number of amides is 1. The van der Waals surface area contributed by atoms with E-state index in [0.717, 1.165) is 45.5 Å². The second kappa shape index (κ2) is 7.96. The summed E-state index contributed by atoms with van der Waals surface area (Å²) >= 11 is 3.18. The maximum atomic E-state index is 12.9. The molecule has 0 radical (unpaired) electrons. The third-order valence-corrected chi connectivity index (χ3v) is 7.06. The molecule has 1 amide bonds. The van der Waals surface area contributed by atoms with Gasteiger partial charge in [-0.25, -0.2) is 4.98 Å². The molecule has 29 heavy (non-hydrogen) atoms. The van der Waals surface area contributed by atoms with Crippen LogP contribution >= 0.6 is 23.1 Å². The Kier molecular flexibility index (Phi) is 5.03. The van der Waals surface area contributed by atoms with Gasteiger partial charge in [-0.3, -0.25) is 4.79 Å². The van der Waals surface area contributed by atoms with Crippen LogP contribution < -0.4 is 0 Å². The zero-order valence-electron chi connectivity index (χ0n) is 15.7. The van der Waals surface area contributed by atoms with Crippen LogP contribution in [0.4, 0.5) is 0 Å².